The molecule has 1 fully saturated rings. The number of carbonyl (C=O) groups is 2. The van der Waals surface area contributed by atoms with Crippen LogP contribution in [-0.2, 0) is 23.1 Å². The smallest absolute Gasteiger partial charge is 0.233 e. The van der Waals surface area contributed by atoms with Crippen molar-refractivity contribution in [1.29, 1.82) is 0 Å². The zero-order valence-corrected chi connectivity index (χ0v) is 17.5. The monoisotopic (exact) mass is 419 g/mol. The summed E-state index contributed by atoms with van der Waals surface area (Å²) < 4.78 is 15.4. The minimum Gasteiger partial charge on any atom is -0.342 e. The second kappa shape index (κ2) is 9.87. The normalized spacial score (nSPS) is 14.6. The van der Waals surface area contributed by atoms with Crippen molar-refractivity contribution in [2.45, 2.75) is 49.7 Å². The molecule has 0 bridgehead atoms. The van der Waals surface area contributed by atoms with Gasteiger partial charge in [-0.3, -0.25) is 9.59 Å². The zero-order chi connectivity index (χ0) is 20.8. The number of halogens is 1. The van der Waals surface area contributed by atoms with Crippen LogP contribution in [0.5, 0.6) is 0 Å². The van der Waals surface area contributed by atoms with Crippen molar-refractivity contribution in [2.24, 2.45) is 7.05 Å². The number of nitrogens with one attached hydrogen (secondary N) is 1. The first-order valence-electron chi connectivity index (χ1n) is 9.77. The van der Waals surface area contributed by atoms with Gasteiger partial charge in [0, 0.05) is 20.1 Å². The molecule has 0 saturated heterocycles. The molecule has 1 heterocycles. The highest BCUT2D eigenvalue weighted by Gasteiger charge is 2.23. The van der Waals surface area contributed by atoms with Crippen LogP contribution in [0.2, 0.25) is 0 Å². The molecule has 29 heavy (non-hydrogen) atoms. The third kappa shape index (κ3) is 5.56. The maximum Gasteiger partial charge on any atom is 0.233 e. The first-order valence-corrected chi connectivity index (χ1v) is 10.8. The van der Waals surface area contributed by atoms with Gasteiger partial charge in [-0.1, -0.05) is 43.2 Å². The summed E-state index contributed by atoms with van der Waals surface area (Å²) in [7, 11) is 3.62. The SMILES string of the molecule is CN(C(=O)CSc1nnc(CC(=O)Nc2ccccc2F)n1C)C1CCCCC1. The van der Waals surface area contributed by atoms with Gasteiger partial charge in [0.25, 0.3) is 0 Å². The molecule has 1 aromatic carbocycles. The Kier molecular flexibility index (Phi) is 7.24. The molecule has 9 heteroatoms. The fraction of sp³-hybridized carbons (Fsp3) is 0.500. The molecule has 1 aliphatic rings. The average molecular weight is 420 g/mol. The van der Waals surface area contributed by atoms with Crippen LogP contribution < -0.4 is 5.32 Å². The highest BCUT2D eigenvalue weighted by Crippen LogP contribution is 2.23. The van der Waals surface area contributed by atoms with Crippen molar-refractivity contribution in [2.75, 3.05) is 18.1 Å². The van der Waals surface area contributed by atoms with Gasteiger partial charge in [-0.05, 0) is 25.0 Å². The van der Waals surface area contributed by atoms with Gasteiger partial charge in [0.2, 0.25) is 11.8 Å². The van der Waals surface area contributed by atoms with Crippen molar-refractivity contribution in [3.63, 3.8) is 0 Å². The number of hydrogen-bond donors (Lipinski definition) is 1. The van der Waals surface area contributed by atoms with Crippen LogP contribution in [0.1, 0.15) is 37.9 Å². The number of para-hydroxylation sites is 1. The van der Waals surface area contributed by atoms with Gasteiger partial charge in [0.05, 0.1) is 17.9 Å². The van der Waals surface area contributed by atoms with E-state index in [1.807, 2.05) is 11.9 Å². The first-order chi connectivity index (χ1) is 14.0. The Morgan fingerprint density at radius 2 is 1.97 bits per heavy atom. The van der Waals surface area contributed by atoms with Crippen molar-refractivity contribution in [3.8, 4) is 0 Å². The minimum atomic E-state index is -0.490. The van der Waals surface area contributed by atoms with Crippen LogP contribution >= 0.6 is 11.8 Å². The third-order valence-corrected chi connectivity index (χ3v) is 6.24. The molecule has 7 nitrogen and oxygen atoms in total. The van der Waals surface area contributed by atoms with Gasteiger partial charge in [0.1, 0.15) is 11.6 Å². The molecule has 156 valence electrons. The molecule has 0 radical (unpaired) electrons. The van der Waals surface area contributed by atoms with E-state index in [0.29, 0.717) is 17.0 Å². The Hall–Kier alpha value is -2.42. The summed E-state index contributed by atoms with van der Waals surface area (Å²) in [6, 6.07) is 6.32. The highest BCUT2D eigenvalue weighted by atomic mass is 32.2. The zero-order valence-electron chi connectivity index (χ0n) is 16.7. The van der Waals surface area contributed by atoms with Gasteiger partial charge in [-0.2, -0.15) is 0 Å². The number of rotatable bonds is 7. The number of benzene rings is 1. The largest absolute Gasteiger partial charge is 0.342 e. The van der Waals surface area contributed by atoms with Gasteiger partial charge in [-0.25, -0.2) is 4.39 Å². The van der Waals surface area contributed by atoms with Crippen LogP contribution in [0.25, 0.3) is 0 Å². The Bertz CT molecular complexity index is 866. The van der Waals surface area contributed by atoms with Crippen molar-refractivity contribution >= 4 is 29.3 Å². The summed E-state index contributed by atoms with van der Waals surface area (Å²) in [4.78, 5) is 26.5. The van der Waals surface area contributed by atoms with Gasteiger partial charge in [0.15, 0.2) is 5.16 Å². The fourth-order valence-electron chi connectivity index (χ4n) is 3.43. The Morgan fingerprint density at radius 1 is 1.24 bits per heavy atom. The molecule has 3 rings (SSSR count). The summed E-state index contributed by atoms with van der Waals surface area (Å²) in [5.41, 5.74) is 0.130. The van der Waals surface area contributed by atoms with E-state index in [1.54, 1.807) is 23.7 Å². The van der Waals surface area contributed by atoms with Crippen molar-refractivity contribution < 1.29 is 14.0 Å². The molecule has 0 spiro atoms. The van der Waals surface area contributed by atoms with Gasteiger partial charge < -0.3 is 14.8 Å². The van der Waals surface area contributed by atoms with E-state index in [-0.39, 0.29) is 29.7 Å². The molecule has 1 N–H and O–H groups in total. The van der Waals surface area contributed by atoms with Gasteiger partial charge >= 0.3 is 0 Å². The summed E-state index contributed by atoms with van der Waals surface area (Å²) >= 11 is 1.31. The van der Waals surface area contributed by atoms with E-state index >= 15 is 0 Å². The Balaban J connectivity index is 1.53. The lowest BCUT2D eigenvalue weighted by atomic mass is 9.94. The molecule has 2 amide bonds. The second-order valence-electron chi connectivity index (χ2n) is 7.25. The van der Waals surface area contributed by atoms with Gasteiger partial charge in [-0.15, -0.1) is 10.2 Å². The lowest BCUT2D eigenvalue weighted by Gasteiger charge is -2.31. The first kappa shape index (κ1) is 21.3. The van der Waals surface area contributed by atoms with E-state index in [4.69, 9.17) is 0 Å². The molecule has 0 unspecified atom stereocenters. The lowest BCUT2D eigenvalue weighted by Crippen LogP contribution is -2.39. The van der Waals surface area contributed by atoms with Crippen LogP contribution in [0.4, 0.5) is 10.1 Å². The lowest BCUT2D eigenvalue weighted by molar-refractivity contribution is -0.129. The predicted octanol–water partition coefficient (Wildman–Crippen LogP) is 3.02. The number of amides is 2. The molecular weight excluding hydrogens is 393 g/mol. The van der Waals surface area contributed by atoms with E-state index in [1.165, 1.54) is 43.2 Å². The quantitative estimate of drug-likeness (QED) is 0.698. The van der Waals surface area contributed by atoms with Crippen LogP contribution in [0.3, 0.4) is 0 Å². The molecule has 1 aliphatic carbocycles. The average Bonchev–Trinajstić information content (AvgIpc) is 3.07. The number of nitrogens with zero attached hydrogens (tertiary/aromatic N) is 4. The number of aromatic nitrogens is 3. The summed E-state index contributed by atoms with van der Waals surface area (Å²) in [6.45, 7) is 0. The highest BCUT2D eigenvalue weighted by molar-refractivity contribution is 7.99. The Labute approximate surface area is 174 Å². The molecular formula is C20H26FN5O2S. The second-order valence-corrected chi connectivity index (χ2v) is 8.19. The van der Waals surface area contributed by atoms with E-state index in [9.17, 15) is 14.0 Å². The number of hydrogen-bond acceptors (Lipinski definition) is 5. The number of thioether (sulfide) groups is 1. The number of anilines is 1. The maximum absolute atomic E-state index is 13.7. The maximum atomic E-state index is 13.7. The summed E-state index contributed by atoms with van der Waals surface area (Å²) in [5.74, 6) is -0.0653. The van der Waals surface area contributed by atoms with E-state index in [2.05, 4.69) is 15.5 Å². The van der Waals surface area contributed by atoms with E-state index < -0.39 is 5.82 Å². The van der Waals surface area contributed by atoms with Crippen LogP contribution in [0.15, 0.2) is 29.4 Å². The van der Waals surface area contributed by atoms with Crippen molar-refractivity contribution in [1.82, 2.24) is 19.7 Å². The standard InChI is InChI=1S/C20H26FN5O2S/c1-25(14-8-4-3-5-9-14)19(28)13-29-20-24-23-17(26(20)2)12-18(27)22-16-11-7-6-10-15(16)21/h6-7,10-11,14H,3-5,8-9,12-13H2,1-2H3,(H,22,27). The molecule has 1 saturated carbocycles. The van der Waals surface area contributed by atoms with Crippen molar-refractivity contribution in [3.05, 3.63) is 35.9 Å². The van der Waals surface area contributed by atoms with E-state index in [0.717, 1.165) is 12.8 Å². The third-order valence-electron chi connectivity index (χ3n) is 5.23. The summed E-state index contributed by atoms with van der Waals surface area (Å²) in [5, 5.41) is 11.2. The molecule has 2 aromatic rings. The fourth-order valence-corrected chi connectivity index (χ4v) is 4.28. The predicted molar refractivity (Wildman–Crippen MR) is 110 cm³/mol. The molecule has 0 atom stereocenters. The topological polar surface area (TPSA) is 80.1 Å². The molecule has 1 aromatic heterocycles. The minimum absolute atomic E-state index is 0.0334. The van der Waals surface area contributed by atoms with Crippen LogP contribution in [-0.4, -0.2) is 50.3 Å². The summed E-state index contributed by atoms with van der Waals surface area (Å²) in [6.07, 6.45) is 5.71. The number of carbonyl (C=O) groups excluding carboxylic acids is 2. The Morgan fingerprint density at radius 3 is 2.69 bits per heavy atom. The molecule has 0 aliphatic heterocycles. The van der Waals surface area contributed by atoms with Crippen LogP contribution in [0, 0.1) is 5.82 Å².